The van der Waals surface area contributed by atoms with Gasteiger partial charge in [-0.1, -0.05) is 38.1 Å². The number of fused-ring (bicyclic) bond motifs is 2. The van der Waals surface area contributed by atoms with Gasteiger partial charge in [0.2, 0.25) is 0 Å². The number of hydrogen-bond acceptors (Lipinski definition) is 5. The fourth-order valence-electron chi connectivity index (χ4n) is 5.34. The van der Waals surface area contributed by atoms with Crippen LogP contribution >= 0.6 is 0 Å². The lowest BCUT2D eigenvalue weighted by Gasteiger charge is -2.23. The number of nitrogens with zero attached hydrogens (tertiary/aromatic N) is 2. The summed E-state index contributed by atoms with van der Waals surface area (Å²) in [6.45, 7) is 4.22. The first-order chi connectivity index (χ1) is 16.1. The lowest BCUT2D eigenvalue weighted by Crippen LogP contribution is -2.23. The van der Waals surface area contributed by atoms with E-state index in [9.17, 15) is 5.11 Å². The third-order valence-electron chi connectivity index (χ3n) is 7.13. The van der Waals surface area contributed by atoms with Gasteiger partial charge in [0.15, 0.2) is 0 Å². The Bertz CT molecular complexity index is 1170. The number of aliphatic hydroxyl groups is 1. The van der Waals surface area contributed by atoms with Gasteiger partial charge in [0.25, 0.3) is 0 Å². The average molecular weight is 444 g/mol. The van der Waals surface area contributed by atoms with Crippen LogP contribution < -0.4 is 10.1 Å². The van der Waals surface area contributed by atoms with E-state index in [-0.39, 0.29) is 6.04 Å². The van der Waals surface area contributed by atoms with E-state index in [0.717, 1.165) is 65.5 Å². The molecule has 2 atom stereocenters. The van der Waals surface area contributed by atoms with E-state index < -0.39 is 6.10 Å². The largest absolute Gasteiger partial charge is 0.496 e. The van der Waals surface area contributed by atoms with Crippen LogP contribution in [0.1, 0.15) is 66.4 Å². The number of aromatic nitrogens is 2. The number of nitrogens with one attached hydrogen (secondary N) is 1. The minimum atomic E-state index is -0.473. The Balaban J connectivity index is 1.57. The predicted octanol–water partition coefficient (Wildman–Crippen LogP) is 5.23. The molecule has 1 heterocycles. The minimum Gasteiger partial charge on any atom is -0.496 e. The Hall–Kier alpha value is -2.92. The zero-order valence-electron chi connectivity index (χ0n) is 19.8. The molecule has 0 saturated carbocycles. The Kier molecular flexibility index (Phi) is 6.07. The van der Waals surface area contributed by atoms with Crippen LogP contribution in [0.15, 0.2) is 36.4 Å². The number of anilines is 1. The van der Waals surface area contributed by atoms with Crippen molar-refractivity contribution in [3.63, 3.8) is 0 Å². The van der Waals surface area contributed by atoms with Gasteiger partial charge in [0.05, 0.1) is 36.3 Å². The Morgan fingerprint density at radius 2 is 1.70 bits per heavy atom. The van der Waals surface area contributed by atoms with Gasteiger partial charge < -0.3 is 15.2 Å². The van der Waals surface area contributed by atoms with Crippen LogP contribution in [0.5, 0.6) is 5.75 Å². The zero-order valence-corrected chi connectivity index (χ0v) is 19.8. The Morgan fingerprint density at radius 3 is 2.42 bits per heavy atom. The highest BCUT2D eigenvalue weighted by Crippen LogP contribution is 2.38. The summed E-state index contributed by atoms with van der Waals surface area (Å²) in [6, 6.07) is 12.6. The van der Waals surface area contributed by atoms with Crippen LogP contribution in [0.3, 0.4) is 0 Å². The molecule has 2 aromatic carbocycles. The van der Waals surface area contributed by atoms with Gasteiger partial charge in [0, 0.05) is 12.0 Å². The fourth-order valence-corrected chi connectivity index (χ4v) is 5.34. The van der Waals surface area contributed by atoms with Gasteiger partial charge in [-0.15, -0.1) is 0 Å². The molecule has 0 saturated heterocycles. The van der Waals surface area contributed by atoms with E-state index in [1.165, 1.54) is 29.5 Å². The summed E-state index contributed by atoms with van der Waals surface area (Å²) in [5, 5.41) is 14.3. The smallest absolute Gasteiger partial charge is 0.148 e. The summed E-state index contributed by atoms with van der Waals surface area (Å²) in [4.78, 5) is 10.2. The fraction of sp³-hybridized carbons (Fsp3) is 0.429. The second-order valence-electron chi connectivity index (χ2n) is 9.14. The molecule has 2 unspecified atom stereocenters. The molecular formula is C28H33N3O2. The highest BCUT2D eigenvalue weighted by molar-refractivity contribution is 5.72. The average Bonchev–Trinajstić information content (AvgIpc) is 3.17. The molecule has 3 aromatic rings. The molecule has 5 rings (SSSR count). The highest BCUT2D eigenvalue weighted by atomic mass is 16.5. The van der Waals surface area contributed by atoms with E-state index in [2.05, 4.69) is 43.4 Å². The zero-order chi connectivity index (χ0) is 22.9. The SMILES string of the molecule is CCc1nc(-c2cc3c(cc2OC)CCCC3)c(CC)nc1NC1c2ccccc2CC1O. The van der Waals surface area contributed by atoms with Gasteiger partial charge in [-0.2, -0.15) is 0 Å². The van der Waals surface area contributed by atoms with Gasteiger partial charge in [-0.25, -0.2) is 9.97 Å². The molecule has 5 heteroatoms. The standard InChI is InChI=1S/C28H33N3O2/c1-4-22-26(21-14-17-10-6-7-11-18(17)16-25(21)33-3)29-23(5-2)28(30-22)31-27-20-13-9-8-12-19(20)15-24(27)32/h8-9,12-14,16,24,27,32H,4-7,10-11,15H2,1-3H3,(H,30,31). The summed E-state index contributed by atoms with van der Waals surface area (Å²) in [5.74, 6) is 1.65. The number of aryl methyl sites for hydroxylation is 4. The summed E-state index contributed by atoms with van der Waals surface area (Å²) in [7, 11) is 1.74. The van der Waals surface area contributed by atoms with Crippen molar-refractivity contribution in [1.29, 1.82) is 0 Å². The van der Waals surface area contributed by atoms with Crippen molar-refractivity contribution in [1.82, 2.24) is 9.97 Å². The van der Waals surface area contributed by atoms with Crippen LogP contribution in [0, 0.1) is 0 Å². The maximum absolute atomic E-state index is 10.7. The third kappa shape index (κ3) is 3.99. The number of benzene rings is 2. The number of ether oxygens (including phenoxy) is 1. The molecule has 2 aliphatic carbocycles. The molecule has 2 N–H and O–H groups in total. The van der Waals surface area contributed by atoms with Crippen molar-refractivity contribution < 1.29 is 9.84 Å². The minimum absolute atomic E-state index is 0.172. The van der Waals surface area contributed by atoms with Crippen molar-refractivity contribution in [3.05, 3.63) is 70.0 Å². The molecule has 1 aromatic heterocycles. The molecule has 0 radical (unpaired) electrons. The maximum atomic E-state index is 10.7. The topological polar surface area (TPSA) is 67.3 Å². The molecule has 5 nitrogen and oxygen atoms in total. The molecule has 0 bridgehead atoms. The van der Waals surface area contributed by atoms with Crippen LogP contribution in [0.25, 0.3) is 11.3 Å². The van der Waals surface area contributed by atoms with Crippen molar-refractivity contribution in [2.75, 3.05) is 12.4 Å². The lowest BCUT2D eigenvalue weighted by molar-refractivity contribution is 0.165. The van der Waals surface area contributed by atoms with Crippen LogP contribution in [-0.4, -0.2) is 28.3 Å². The van der Waals surface area contributed by atoms with E-state index in [1.54, 1.807) is 7.11 Å². The van der Waals surface area contributed by atoms with E-state index in [1.807, 2.05) is 12.1 Å². The van der Waals surface area contributed by atoms with E-state index >= 15 is 0 Å². The first-order valence-electron chi connectivity index (χ1n) is 12.2. The molecule has 0 aliphatic heterocycles. The second-order valence-corrected chi connectivity index (χ2v) is 9.14. The van der Waals surface area contributed by atoms with Crippen LogP contribution in [-0.2, 0) is 32.1 Å². The Labute approximate surface area is 196 Å². The lowest BCUT2D eigenvalue weighted by atomic mass is 9.89. The first kappa shape index (κ1) is 21.9. The summed E-state index contributed by atoms with van der Waals surface area (Å²) in [6.07, 6.45) is 6.42. The number of aliphatic hydroxyl groups excluding tert-OH is 1. The van der Waals surface area contributed by atoms with Crippen LogP contribution in [0.2, 0.25) is 0 Å². The van der Waals surface area contributed by atoms with Crippen molar-refractivity contribution in [2.45, 2.75) is 70.9 Å². The van der Waals surface area contributed by atoms with Gasteiger partial charge in [0.1, 0.15) is 11.6 Å². The number of hydrogen-bond donors (Lipinski definition) is 2. The van der Waals surface area contributed by atoms with E-state index in [4.69, 9.17) is 14.7 Å². The van der Waals surface area contributed by atoms with Crippen molar-refractivity contribution >= 4 is 5.82 Å². The second kappa shape index (κ2) is 9.14. The molecule has 0 spiro atoms. The summed E-state index contributed by atoms with van der Waals surface area (Å²) in [5.41, 5.74) is 8.96. The van der Waals surface area contributed by atoms with Gasteiger partial charge >= 0.3 is 0 Å². The van der Waals surface area contributed by atoms with Crippen molar-refractivity contribution in [3.8, 4) is 17.0 Å². The quantitative estimate of drug-likeness (QED) is 0.546. The molecule has 2 aliphatic rings. The summed E-state index contributed by atoms with van der Waals surface area (Å²) >= 11 is 0. The molecular weight excluding hydrogens is 410 g/mol. The van der Waals surface area contributed by atoms with E-state index in [0.29, 0.717) is 6.42 Å². The summed E-state index contributed by atoms with van der Waals surface area (Å²) < 4.78 is 5.81. The maximum Gasteiger partial charge on any atom is 0.148 e. The first-order valence-corrected chi connectivity index (χ1v) is 12.2. The molecule has 0 fully saturated rings. The third-order valence-corrected chi connectivity index (χ3v) is 7.13. The van der Waals surface area contributed by atoms with Gasteiger partial charge in [-0.05, 0) is 72.9 Å². The molecule has 33 heavy (non-hydrogen) atoms. The number of methoxy groups -OCH3 is 1. The molecule has 172 valence electrons. The monoisotopic (exact) mass is 443 g/mol. The predicted molar refractivity (Wildman–Crippen MR) is 132 cm³/mol. The van der Waals surface area contributed by atoms with Gasteiger partial charge in [-0.3, -0.25) is 0 Å². The number of rotatable bonds is 6. The molecule has 0 amide bonds. The Morgan fingerprint density at radius 1 is 0.970 bits per heavy atom. The van der Waals surface area contributed by atoms with Crippen molar-refractivity contribution in [2.24, 2.45) is 0 Å². The highest BCUT2D eigenvalue weighted by Gasteiger charge is 2.32. The normalized spacial score (nSPS) is 19.2. The van der Waals surface area contributed by atoms with Crippen LogP contribution in [0.4, 0.5) is 5.82 Å².